The summed E-state index contributed by atoms with van der Waals surface area (Å²) >= 11 is 0. The van der Waals surface area contributed by atoms with Crippen molar-refractivity contribution in [3.63, 3.8) is 0 Å². The first-order valence-corrected chi connectivity index (χ1v) is 10.6. The molecule has 1 amide bonds. The van der Waals surface area contributed by atoms with E-state index in [0.717, 1.165) is 49.9 Å². The average Bonchev–Trinajstić information content (AvgIpc) is 2.78. The summed E-state index contributed by atoms with van der Waals surface area (Å²) in [5.41, 5.74) is 2.43. The number of ether oxygens (including phenoxy) is 3. The van der Waals surface area contributed by atoms with Crippen LogP contribution in [0.1, 0.15) is 30.4 Å². The summed E-state index contributed by atoms with van der Waals surface area (Å²) in [6.07, 6.45) is 4.43. The maximum absolute atomic E-state index is 12.1. The molecule has 0 bridgehead atoms. The van der Waals surface area contributed by atoms with Gasteiger partial charge in [-0.3, -0.25) is 4.79 Å². The molecule has 1 N–H and O–H groups in total. The van der Waals surface area contributed by atoms with E-state index in [4.69, 9.17) is 14.2 Å². The fraction of sp³-hybridized carbons (Fsp3) is 0.636. The van der Waals surface area contributed by atoms with Gasteiger partial charge in [-0.25, -0.2) is 4.99 Å². The Morgan fingerprint density at radius 1 is 1.23 bits per heavy atom. The van der Waals surface area contributed by atoms with Gasteiger partial charge in [0.1, 0.15) is 6.54 Å². The number of rotatable bonds is 6. The maximum atomic E-state index is 12.1. The molecule has 8 heteroatoms. The van der Waals surface area contributed by atoms with Crippen LogP contribution in [0.3, 0.4) is 0 Å². The molecule has 2 aliphatic rings. The first-order valence-electron chi connectivity index (χ1n) is 10.6. The Labute approximate surface area is 179 Å². The van der Waals surface area contributed by atoms with E-state index in [1.807, 2.05) is 6.07 Å². The zero-order valence-electron chi connectivity index (χ0n) is 18.6. The number of benzene rings is 1. The van der Waals surface area contributed by atoms with Crippen molar-refractivity contribution in [2.75, 3.05) is 54.6 Å². The van der Waals surface area contributed by atoms with Gasteiger partial charge in [0.15, 0.2) is 17.5 Å². The molecule has 1 aromatic rings. The number of nitrogens with one attached hydrogen (secondary N) is 1. The number of nitrogens with zero attached hydrogens (tertiary/aromatic N) is 3. The lowest BCUT2D eigenvalue weighted by Gasteiger charge is -2.33. The molecule has 0 aromatic heterocycles. The summed E-state index contributed by atoms with van der Waals surface area (Å²) in [4.78, 5) is 20.5. The molecule has 1 unspecified atom stereocenters. The zero-order valence-corrected chi connectivity index (χ0v) is 18.6. The Morgan fingerprint density at radius 3 is 2.60 bits per heavy atom. The Morgan fingerprint density at radius 2 is 1.97 bits per heavy atom. The largest absolute Gasteiger partial charge is 0.493 e. The molecule has 0 saturated carbocycles. The minimum atomic E-state index is -0.0213. The van der Waals surface area contributed by atoms with E-state index < -0.39 is 0 Å². The summed E-state index contributed by atoms with van der Waals surface area (Å²) in [7, 11) is 6.80. The normalized spacial score (nSPS) is 19.1. The molecular formula is C22H34N4O4. The van der Waals surface area contributed by atoms with Crippen LogP contribution in [0.4, 0.5) is 0 Å². The van der Waals surface area contributed by atoms with Crippen molar-refractivity contribution in [2.45, 2.75) is 38.3 Å². The van der Waals surface area contributed by atoms with Gasteiger partial charge in [-0.2, -0.15) is 0 Å². The quantitative estimate of drug-likeness (QED) is 0.560. The number of carbonyl (C=O) groups excluding carboxylic acids is 1. The third kappa shape index (κ3) is 5.56. The molecule has 0 spiro atoms. The van der Waals surface area contributed by atoms with Crippen molar-refractivity contribution in [3.8, 4) is 11.5 Å². The minimum absolute atomic E-state index is 0.0213. The highest BCUT2D eigenvalue weighted by Gasteiger charge is 2.23. The predicted octanol–water partition coefficient (Wildman–Crippen LogP) is 1.66. The molecule has 1 atom stereocenters. The summed E-state index contributed by atoms with van der Waals surface area (Å²) in [6, 6.07) is 4.09. The van der Waals surface area contributed by atoms with Gasteiger partial charge in [0.05, 0.1) is 20.3 Å². The lowest BCUT2D eigenvalue weighted by Crippen LogP contribution is -2.47. The fourth-order valence-electron chi connectivity index (χ4n) is 3.79. The Hall–Kier alpha value is -2.48. The Bertz CT molecular complexity index is 760. The number of hydrogen-bond donors (Lipinski definition) is 1. The highest BCUT2D eigenvalue weighted by atomic mass is 16.5. The van der Waals surface area contributed by atoms with Gasteiger partial charge in [-0.1, -0.05) is 0 Å². The molecule has 0 aliphatic carbocycles. The number of likely N-dealkylation sites (N-methyl/N-ethyl adjacent to an activating group) is 1. The first-order chi connectivity index (χ1) is 14.5. The molecular weight excluding hydrogens is 384 g/mol. The Balaban J connectivity index is 1.75. The van der Waals surface area contributed by atoms with E-state index in [1.165, 1.54) is 17.5 Å². The van der Waals surface area contributed by atoms with Crippen LogP contribution in [0.2, 0.25) is 0 Å². The van der Waals surface area contributed by atoms with Crippen LogP contribution in [0.25, 0.3) is 0 Å². The van der Waals surface area contributed by atoms with Gasteiger partial charge in [-0.15, -0.1) is 0 Å². The summed E-state index contributed by atoms with van der Waals surface area (Å²) in [5.74, 6) is 2.21. The number of carbonyl (C=O) groups is 1. The lowest BCUT2D eigenvalue weighted by molar-refractivity contribution is -0.127. The number of fused-ring (bicyclic) bond motifs is 1. The highest BCUT2D eigenvalue weighted by Crippen LogP contribution is 2.33. The molecule has 30 heavy (non-hydrogen) atoms. The Kier molecular flexibility index (Phi) is 7.79. The van der Waals surface area contributed by atoms with Gasteiger partial charge >= 0.3 is 0 Å². The van der Waals surface area contributed by atoms with Crippen molar-refractivity contribution < 1.29 is 19.0 Å². The molecule has 1 fully saturated rings. The second-order valence-electron chi connectivity index (χ2n) is 7.94. The SMILES string of the molecule is COc1cc2c(cc1OC)CN(C(=NCC(=O)N(C)C)NCC1CCCCO1)CC2. The number of guanidine groups is 1. The van der Waals surface area contributed by atoms with Crippen molar-refractivity contribution in [1.82, 2.24) is 15.1 Å². The van der Waals surface area contributed by atoms with Crippen molar-refractivity contribution in [2.24, 2.45) is 4.99 Å². The molecule has 0 radical (unpaired) electrons. The summed E-state index contributed by atoms with van der Waals surface area (Å²) < 4.78 is 16.8. The van der Waals surface area contributed by atoms with Gasteiger partial charge in [0.2, 0.25) is 5.91 Å². The topological polar surface area (TPSA) is 75.6 Å². The number of aliphatic imine (C=N–C) groups is 1. The molecule has 1 aromatic carbocycles. The van der Waals surface area contributed by atoms with E-state index >= 15 is 0 Å². The van der Waals surface area contributed by atoms with Crippen molar-refractivity contribution in [1.29, 1.82) is 0 Å². The zero-order chi connectivity index (χ0) is 21.5. The van der Waals surface area contributed by atoms with E-state index in [9.17, 15) is 4.79 Å². The molecule has 2 heterocycles. The maximum Gasteiger partial charge on any atom is 0.243 e. The summed E-state index contributed by atoms with van der Waals surface area (Å²) in [6.45, 7) is 3.15. The smallest absolute Gasteiger partial charge is 0.243 e. The molecule has 1 saturated heterocycles. The van der Waals surface area contributed by atoms with Crippen LogP contribution >= 0.6 is 0 Å². The van der Waals surface area contributed by atoms with Gasteiger partial charge < -0.3 is 29.3 Å². The molecule has 2 aliphatic heterocycles. The highest BCUT2D eigenvalue weighted by molar-refractivity contribution is 5.85. The van der Waals surface area contributed by atoms with Gasteiger partial charge in [-0.05, 0) is 48.9 Å². The average molecular weight is 419 g/mol. The van der Waals surface area contributed by atoms with Crippen LogP contribution in [0.15, 0.2) is 17.1 Å². The van der Waals surface area contributed by atoms with Crippen LogP contribution in [0.5, 0.6) is 11.5 Å². The molecule has 8 nitrogen and oxygen atoms in total. The number of methoxy groups -OCH3 is 2. The lowest BCUT2D eigenvalue weighted by atomic mass is 9.99. The van der Waals surface area contributed by atoms with Crippen LogP contribution in [0, 0.1) is 0 Å². The first kappa shape index (κ1) is 22.2. The van der Waals surface area contributed by atoms with E-state index in [-0.39, 0.29) is 18.6 Å². The molecule has 3 rings (SSSR count). The number of hydrogen-bond acceptors (Lipinski definition) is 5. The molecule has 166 valence electrons. The van der Waals surface area contributed by atoms with Crippen LogP contribution in [-0.4, -0.2) is 82.3 Å². The summed E-state index contributed by atoms with van der Waals surface area (Å²) in [5, 5.41) is 3.46. The van der Waals surface area contributed by atoms with E-state index in [1.54, 1.807) is 33.2 Å². The van der Waals surface area contributed by atoms with Gasteiger partial charge in [0, 0.05) is 40.3 Å². The van der Waals surface area contributed by atoms with Crippen LogP contribution < -0.4 is 14.8 Å². The van der Waals surface area contributed by atoms with Crippen molar-refractivity contribution in [3.05, 3.63) is 23.3 Å². The van der Waals surface area contributed by atoms with E-state index in [2.05, 4.69) is 21.3 Å². The predicted molar refractivity (Wildman–Crippen MR) is 116 cm³/mol. The van der Waals surface area contributed by atoms with Gasteiger partial charge in [0.25, 0.3) is 0 Å². The minimum Gasteiger partial charge on any atom is -0.493 e. The standard InChI is InChI=1S/C22H34N4O4/c1-25(2)21(27)14-24-22(23-13-18-7-5-6-10-30-18)26-9-8-16-11-19(28-3)20(29-4)12-17(16)15-26/h11-12,18H,5-10,13-15H2,1-4H3,(H,23,24). The second kappa shape index (κ2) is 10.5. The van der Waals surface area contributed by atoms with Crippen LogP contribution in [-0.2, 0) is 22.5 Å². The van der Waals surface area contributed by atoms with Crippen molar-refractivity contribution >= 4 is 11.9 Å². The monoisotopic (exact) mass is 418 g/mol. The third-order valence-electron chi connectivity index (χ3n) is 5.64. The number of amides is 1. The van der Waals surface area contributed by atoms with E-state index in [0.29, 0.717) is 13.1 Å². The fourth-order valence-corrected chi connectivity index (χ4v) is 3.79. The second-order valence-corrected chi connectivity index (χ2v) is 7.94. The third-order valence-corrected chi connectivity index (χ3v) is 5.64.